The minimum Gasteiger partial charge on any atom is -0.408 e. The Morgan fingerprint density at radius 2 is 2.18 bits per heavy atom. The number of carbonyl (C=O) groups is 1. The van der Waals surface area contributed by atoms with E-state index in [1.54, 1.807) is 37.5 Å². The number of carbonyl (C=O) groups excluding carboxylic acids is 1. The number of hydrogen-bond donors (Lipinski definition) is 1. The van der Waals surface area contributed by atoms with Gasteiger partial charge in [-0.15, -0.1) is 0 Å². The zero-order valence-electron chi connectivity index (χ0n) is 12.1. The van der Waals surface area contributed by atoms with Crippen LogP contribution in [0.15, 0.2) is 51.8 Å². The SMILES string of the molecule is Cn1c(=O)oc2ccc(CCNC(=O)c3ccccn3)cc21. The van der Waals surface area contributed by atoms with Gasteiger partial charge in [0, 0.05) is 19.8 Å². The van der Waals surface area contributed by atoms with E-state index in [2.05, 4.69) is 10.3 Å². The van der Waals surface area contributed by atoms with Gasteiger partial charge in [-0.3, -0.25) is 14.3 Å². The number of hydrogen-bond acceptors (Lipinski definition) is 4. The molecule has 2 heterocycles. The molecule has 1 N–H and O–H groups in total. The third kappa shape index (κ3) is 2.76. The van der Waals surface area contributed by atoms with E-state index in [1.807, 2.05) is 12.1 Å². The molecule has 1 aromatic carbocycles. The molecular formula is C16H15N3O3. The number of benzene rings is 1. The van der Waals surface area contributed by atoms with Crippen molar-refractivity contribution >= 4 is 17.0 Å². The lowest BCUT2D eigenvalue weighted by Crippen LogP contribution is -2.26. The minimum absolute atomic E-state index is 0.197. The highest BCUT2D eigenvalue weighted by Crippen LogP contribution is 2.14. The molecule has 0 saturated carbocycles. The topological polar surface area (TPSA) is 77.1 Å². The van der Waals surface area contributed by atoms with Crippen LogP contribution in [0, 0.1) is 0 Å². The Hall–Kier alpha value is -2.89. The van der Waals surface area contributed by atoms with E-state index in [1.165, 1.54) is 4.57 Å². The Balaban J connectivity index is 1.66. The molecule has 0 aliphatic heterocycles. The number of amides is 1. The molecule has 22 heavy (non-hydrogen) atoms. The first-order chi connectivity index (χ1) is 10.6. The Labute approximate surface area is 126 Å². The lowest BCUT2D eigenvalue weighted by atomic mass is 10.1. The molecule has 0 bridgehead atoms. The van der Waals surface area contributed by atoms with Crippen molar-refractivity contribution in [2.24, 2.45) is 7.05 Å². The molecule has 112 valence electrons. The molecule has 0 fully saturated rings. The number of fused-ring (bicyclic) bond motifs is 1. The van der Waals surface area contributed by atoms with Crippen LogP contribution < -0.4 is 11.1 Å². The zero-order valence-corrected chi connectivity index (χ0v) is 12.1. The van der Waals surface area contributed by atoms with Gasteiger partial charge in [0.05, 0.1) is 5.52 Å². The fraction of sp³-hybridized carbons (Fsp3) is 0.188. The van der Waals surface area contributed by atoms with Crippen LogP contribution in [0.3, 0.4) is 0 Å². The van der Waals surface area contributed by atoms with Crippen LogP contribution in [-0.2, 0) is 13.5 Å². The normalized spacial score (nSPS) is 10.8. The average Bonchev–Trinajstić information content (AvgIpc) is 2.83. The molecule has 0 saturated heterocycles. The highest BCUT2D eigenvalue weighted by Gasteiger charge is 2.08. The lowest BCUT2D eigenvalue weighted by molar-refractivity contribution is 0.0949. The van der Waals surface area contributed by atoms with Gasteiger partial charge in [0.1, 0.15) is 5.69 Å². The number of nitrogens with one attached hydrogen (secondary N) is 1. The second-order valence-electron chi connectivity index (χ2n) is 4.95. The summed E-state index contributed by atoms with van der Waals surface area (Å²) < 4.78 is 6.55. The Morgan fingerprint density at radius 3 is 2.95 bits per heavy atom. The first-order valence-corrected chi connectivity index (χ1v) is 6.93. The van der Waals surface area contributed by atoms with Crippen molar-refractivity contribution in [2.75, 3.05) is 6.54 Å². The summed E-state index contributed by atoms with van der Waals surface area (Å²) in [4.78, 5) is 27.3. The predicted molar refractivity (Wildman–Crippen MR) is 81.7 cm³/mol. The number of aryl methyl sites for hydroxylation is 1. The number of pyridine rings is 1. The summed E-state index contributed by atoms with van der Waals surface area (Å²) in [7, 11) is 1.67. The van der Waals surface area contributed by atoms with Gasteiger partial charge in [-0.05, 0) is 36.2 Å². The van der Waals surface area contributed by atoms with Gasteiger partial charge in [-0.2, -0.15) is 0 Å². The smallest absolute Gasteiger partial charge is 0.408 e. The highest BCUT2D eigenvalue weighted by molar-refractivity contribution is 5.92. The van der Waals surface area contributed by atoms with E-state index in [0.717, 1.165) is 11.1 Å². The van der Waals surface area contributed by atoms with Gasteiger partial charge in [0.25, 0.3) is 5.91 Å². The van der Waals surface area contributed by atoms with Crippen molar-refractivity contribution in [1.82, 2.24) is 14.9 Å². The molecule has 0 atom stereocenters. The van der Waals surface area contributed by atoms with Gasteiger partial charge in [-0.1, -0.05) is 12.1 Å². The van der Waals surface area contributed by atoms with E-state index in [0.29, 0.717) is 24.2 Å². The maximum Gasteiger partial charge on any atom is 0.419 e. The van der Waals surface area contributed by atoms with Crippen molar-refractivity contribution < 1.29 is 9.21 Å². The van der Waals surface area contributed by atoms with Crippen LogP contribution in [0.5, 0.6) is 0 Å². The van der Waals surface area contributed by atoms with Crippen LogP contribution in [0.4, 0.5) is 0 Å². The molecule has 6 heteroatoms. The van der Waals surface area contributed by atoms with E-state index >= 15 is 0 Å². The molecular weight excluding hydrogens is 282 g/mol. The summed E-state index contributed by atoms with van der Waals surface area (Å²) in [6.07, 6.45) is 2.25. The molecule has 3 aromatic rings. The van der Waals surface area contributed by atoms with Crippen molar-refractivity contribution in [3.05, 3.63) is 64.4 Å². The van der Waals surface area contributed by atoms with Crippen molar-refractivity contribution in [2.45, 2.75) is 6.42 Å². The molecule has 6 nitrogen and oxygen atoms in total. The quantitative estimate of drug-likeness (QED) is 0.791. The second kappa shape index (κ2) is 5.85. The molecule has 3 rings (SSSR count). The first kappa shape index (κ1) is 14.1. The number of rotatable bonds is 4. The van der Waals surface area contributed by atoms with Crippen molar-refractivity contribution in [1.29, 1.82) is 0 Å². The monoisotopic (exact) mass is 297 g/mol. The lowest BCUT2D eigenvalue weighted by Gasteiger charge is -2.05. The van der Waals surface area contributed by atoms with E-state index in [-0.39, 0.29) is 11.7 Å². The standard InChI is InChI=1S/C16H15N3O3/c1-19-13-10-11(5-6-14(13)22-16(19)21)7-9-18-15(20)12-4-2-3-8-17-12/h2-6,8,10H,7,9H2,1H3,(H,18,20). The number of aromatic nitrogens is 2. The minimum atomic E-state index is -0.379. The van der Waals surface area contributed by atoms with Gasteiger partial charge in [-0.25, -0.2) is 4.79 Å². The number of oxazole rings is 1. The number of nitrogens with zero attached hydrogens (tertiary/aromatic N) is 2. The van der Waals surface area contributed by atoms with Crippen LogP contribution in [-0.4, -0.2) is 22.0 Å². The predicted octanol–water partition coefficient (Wildman–Crippen LogP) is 1.50. The molecule has 0 aliphatic rings. The van der Waals surface area contributed by atoms with Gasteiger partial charge in [0.15, 0.2) is 5.58 Å². The third-order valence-corrected chi connectivity index (χ3v) is 3.45. The third-order valence-electron chi connectivity index (χ3n) is 3.45. The Kier molecular flexibility index (Phi) is 3.74. The van der Waals surface area contributed by atoms with Gasteiger partial charge < -0.3 is 9.73 Å². The van der Waals surface area contributed by atoms with E-state index in [4.69, 9.17) is 4.42 Å². The fourth-order valence-corrected chi connectivity index (χ4v) is 2.24. The molecule has 0 unspecified atom stereocenters. The maximum absolute atomic E-state index is 11.9. The first-order valence-electron chi connectivity index (χ1n) is 6.93. The van der Waals surface area contributed by atoms with Gasteiger partial charge in [0.2, 0.25) is 0 Å². The molecule has 1 amide bonds. The zero-order chi connectivity index (χ0) is 15.5. The Bertz CT molecular complexity index is 865. The molecule has 0 spiro atoms. The summed E-state index contributed by atoms with van der Waals surface area (Å²) >= 11 is 0. The fourth-order valence-electron chi connectivity index (χ4n) is 2.24. The summed E-state index contributed by atoms with van der Waals surface area (Å²) in [5, 5.41) is 2.82. The highest BCUT2D eigenvalue weighted by atomic mass is 16.4. The largest absolute Gasteiger partial charge is 0.419 e. The summed E-state index contributed by atoms with van der Waals surface area (Å²) in [6, 6.07) is 10.8. The van der Waals surface area contributed by atoms with Crippen LogP contribution >= 0.6 is 0 Å². The van der Waals surface area contributed by atoms with Crippen LogP contribution in [0.2, 0.25) is 0 Å². The maximum atomic E-state index is 11.9. The second-order valence-corrected chi connectivity index (χ2v) is 4.95. The van der Waals surface area contributed by atoms with E-state index < -0.39 is 0 Å². The summed E-state index contributed by atoms with van der Waals surface area (Å²) in [6.45, 7) is 0.493. The summed E-state index contributed by atoms with van der Waals surface area (Å²) in [5.41, 5.74) is 2.73. The van der Waals surface area contributed by atoms with Crippen LogP contribution in [0.1, 0.15) is 16.1 Å². The molecule has 0 aliphatic carbocycles. The van der Waals surface area contributed by atoms with Crippen molar-refractivity contribution in [3.63, 3.8) is 0 Å². The van der Waals surface area contributed by atoms with Gasteiger partial charge >= 0.3 is 5.76 Å². The Morgan fingerprint density at radius 1 is 1.32 bits per heavy atom. The average molecular weight is 297 g/mol. The molecule has 2 aromatic heterocycles. The summed E-state index contributed by atoms with van der Waals surface area (Å²) in [5.74, 6) is -0.576. The van der Waals surface area contributed by atoms with E-state index in [9.17, 15) is 9.59 Å². The van der Waals surface area contributed by atoms with Crippen molar-refractivity contribution in [3.8, 4) is 0 Å². The molecule has 0 radical (unpaired) electrons. The van der Waals surface area contributed by atoms with Crippen LogP contribution in [0.25, 0.3) is 11.1 Å².